The number of rotatable bonds is 13. The Hall–Kier alpha value is -5.40. The maximum atomic E-state index is 12.1. The van der Waals surface area contributed by atoms with Crippen molar-refractivity contribution in [3.63, 3.8) is 0 Å². The predicted molar refractivity (Wildman–Crippen MR) is 159 cm³/mol. The van der Waals surface area contributed by atoms with Crippen molar-refractivity contribution >= 4 is 59.5 Å². The Bertz CT molecular complexity index is 1380. The highest BCUT2D eigenvalue weighted by atomic mass is 16.5. The van der Waals surface area contributed by atoms with Gasteiger partial charge in [-0.3, -0.25) is 50.4 Å². The number of nitrogens with one attached hydrogen (secondary N) is 4. The Morgan fingerprint density at radius 2 is 0.977 bits per heavy atom. The highest BCUT2D eigenvalue weighted by Gasteiger charge is 2.33. The molecule has 0 saturated carbocycles. The average Bonchev–Trinajstić information content (AvgIpc) is 2.97. The summed E-state index contributed by atoms with van der Waals surface area (Å²) in [7, 11) is 0. The third-order valence-electron chi connectivity index (χ3n) is 6.57. The van der Waals surface area contributed by atoms with Crippen LogP contribution in [0.5, 0.6) is 11.5 Å². The number of carbonyl (C=O) groups excluding carboxylic acids is 6. The Balaban J connectivity index is 1.63. The molecule has 4 N–H and O–H groups in total. The molecule has 0 radical (unpaired) electrons. The van der Waals surface area contributed by atoms with E-state index in [1.165, 1.54) is 0 Å². The van der Waals surface area contributed by atoms with Crippen LogP contribution in [0.15, 0.2) is 46.4 Å². The van der Waals surface area contributed by atoms with Crippen LogP contribution in [0.1, 0.15) is 39.5 Å². The molecule has 4 rings (SSSR count). The zero-order valence-electron chi connectivity index (χ0n) is 24.2. The number of barbiturate groups is 2. The molecule has 8 amide bonds. The summed E-state index contributed by atoms with van der Waals surface area (Å²) in [5.41, 5.74) is 2.25. The van der Waals surface area contributed by atoms with Crippen LogP contribution in [0, 0.1) is 11.8 Å². The predicted octanol–water partition coefficient (Wildman–Crippen LogP) is 3.08. The van der Waals surface area contributed by atoms with Gasteiger partial charge >= 0.3 is 12.1 Å². The van der Waals surface area contributed by atoms with E-state index in [4.69, 9.17) is 9.47 Å². The number of hydrogen-bond acceptors (Lipinski definition) is 10. The van der Waals surface area contributed by atoms with Crippen molar-refractivity contribution in [1.29, 1.82) is 0 Å². The SMILES string of the molecule is CCCCOc1cc(-c2ccc(N=CC3C(=O)NC(=O)NC3=O)c(OCCCC)c2)ccc1N=CC1C(=O)NC(=O)NC1=O. The van der Waals surface area contributed by atoms with Crippen molar-refractivity contribution in [1.82, 2.24) is 21.3 Å². The minimum atomic E-state index is -1.28. The van der Waals surface area contributed by atoms with Gasteiger partial charge in [0.1, 0.15) is 22.9 Å². The van der Waals surface area contributed by atoms with E-state index in [-0.39, 0.29) is 0 Å². The second kappa shape index (κ2) is 14.7. The van der Waals surface area contributed by atoms with E-state index < -0.39 is 47.5 Å². The van der Waals surface area contributed by atoms with Gasteiger partial charge in [0, 0.05) is 12.4 Å². The van der Waals surface area contributed by atoms with Crippen LogP contribution < -0.4 is 30.7 Å². The molecule has 0 aliphatic carbocycles. The fraction of sp³-hybridized carbons (Fsp3) is 0.333. The molecule has 2 saturated heterocycles. The smallest absolute Gasteiger partial charge is 0.328 e. The van der Waals surface area contributed by atoms with Gasteiger partial charge in [-0.25, -0.2) is 9.59 Å². The van der Waals surface area contributed by atoms with E-state index in [2.05, 4.69) is 9.98 Å². The zero-order chi connectivity index (χ0) is 31.6. The summed E-state index contributed by atoms with van der Waals surface area (Å²) in [6, 6.07) is 8.72. The highest BCUT2D eigenvalue weighted by molar-refractivity contribution is 6.24. The standard InChI is InChI=1S/C30H32N6O8/c1-3-5-11-43-23-13-17(7-9-21(23)31-15-19-25(37)33-29(41)34-26(19)38)18-8-10-22(24(14-18)44-12-6-4-2)32-16-20-27(39)35-30(42)36-28(20)40/h7-10,13-16,19-20H,3-6,11-12H2,1-2H3,(H2,33,34,37,38,41)(H2,35,36,39,40,42). The second-order valence-corrected chi connectivity index (χ2v) is 9.90. The number of benzene rings is 2. The zero-order valence-corrected chi connectivity index (χ0v) is 24.2. The van der Waals surface area contributed by atoms with Crippen LogP contribution >= 0.6 is 0 Å². The van der Waals surface area contributed by atoms with Gasteiger partial charge in [-0.05, 0) is 48.2 Å². The molecule has 0 atom stereocenters. The first-order chi connectivity index (χ1) is 21.2. The molecule has 14 heteroatoms. The lowest BCUT2D eigenvalue weighted by Gasteiger charge is -2.17. The fourth-order valence-corrected chi connectivity index (χ4v) is 4.12. The topological polar surface area (TPSA) is 194 Å². The molecular formula is C30H32N6O8. The number of urea groups is 2. The first kappa shape index (κ1) is 31.5. The van der Waals surface area contributed by atoms with Gasteiger partial charge in [0.2, 0.25) is 23.6 Å². The summed E-state index contributed by atoms with van der Waals surface area (Å²) >= 11 is 0. The Morgan fingerprint density at radius 1 is 0.614 bits per heavy atom. The summed E-state index contributed by atoms with van der Waals surface area (Å²) < 4.78 is 12.0. The van der Waals surface area contributed by atoms with Gasteiger partial charge < -0.3 is 9.47 Å². The Kier molecular flexibility index (Phi) is 10.5. The van der Waals surface area contributed by atoms with Gasteiger partial charge in [-0.2, -0.15) is 0 Å². The monoisotopic (exact) mass is 604 g/mol. The van der Waals surface area contributed by atoms with Crippen molar-refractivity contribution in [3.8, 4) is 22.6 Å². The van der Waals surface area contributed by atoms with Gasteiger partial charge in [0.25, 0.3) is 0 Å². The normalized spacial score (nSPS) is 16.2. The van der Waals surface area contributed by atoms with Crippen molar-refractivity contribution in [2.75, 3.05) is 13.2 Å². The molecule has 2 fully saturated rings. The number of carbonyl (C=O) groups is 6. The molecule has 2 aromatic rings. The van der Waals surface area contributed by atoms with E-state index in [1.54, 1.807) is 36.4 Å². The molecule has 2 aliphatic heterocycles. The van der Waals surface area contributed by atoms with Crippen molar-refractivity contribution in [3.05, 3.63) is 36.4 Å². The summed E-state index contributed by atoms with van der Waals surface area (Å²) in [5, 5.41) is 8.15. The molecular weight excluding hydrogens is 572 g/mol. The van der Waals surface area contributed by atoms with Crippen LogP contribution in [0.4, 0.5) is 21.0 Å². The Morgan fingerprint density at radius 3 is 1.32 bits per heavy atom. The molecule has 2 aromatic carbocycles. The number of hydrogen-bond donors (Lipinski definition) is 4. The van der Waals surface area contributed by atoms with Crippen molar-refractivity contribution in [2.45, 2.75) is 39.5 Å². The molecule has 0 unspecified atom stereocenters. The minimum Gasteiger partial charge on any atom is -0.491 e. The first-order valence-electron chi connectivity index (χ1n) is 14.1. The molecule has 44 heavy (non-hydrogen) atoms. The number of ether oxygens (including phenoxy) is 2. The second-order valence-electron chi connectivity index (χ2n) is 9.90. The third kappa shape index (κ3) is 7.91. The van der Waals surface area contributed by atoms with Gasteiger partial charge in [0.15, 0.2) is 11.8 Å². The lowest BCUT2D eigenvalue weighted by molar-refractivity contribution is -0.134. The largest absolute Gasteiger partial charge is 0.491 e. The summed E-state index contributed by atoms with van der Waals surface area (Å²) in [5.74, 6) is -4.82. The fourth-order valence-electron chi connectivity index (χ4n) is 4.12. The van der Waals surface area contributed by atoms with Crippen LogP contribution in [-0.4, -0.2) is 61.3 Å². The van der Waals surface area contributed by atoms with E-state index in [1.807, 2.05) is 35.1 Å². The molecule has 0 aromatic heterocycles. The minimum absolute atomic E-state index is 0.380. The number of nitrogens with zero attached hydrogens (tertiary/aromatic N) is 2. The molecule has 0 bridgehead atoms. The van der Waals surface area contributed by atoms with Crippen LogP contribution in [0.2, 0.25) is 0 Å². The van der Waals surface area contributed by atoms with E-state index in [9.17, 15) is 28.8 Å². The number of amides is 8. The number of imide groups is 4. The van der Waals surface area contributed by atoms with E-state index in [0.717, 1.165) is 49.2 Å². The molecule has 2 heterocycles. The third-order valence-corrected chi connectivity index (χ3v) is 6.57. The molecule has 14 nitrogen and oxygen atoms in total. The Labute approximate surface area is 252 Å². The highest BCUT2D eigenvalue weighted by Crippen LogP contribution is 2.37. The molecule has 230 valence electrons. The van der Waals surface area contributed by atoms with Crippen LogP contribution in [-0.2, 0) is 19.2 Å². The van der Waals surface area contributed by atoms with Gasteiger partial charge in [-0.15, -0.1) is 0 Å². The quantitative estimate of drug-likeness (QED) is 0.152. The first-order valence-corrected chi connectivity index (χ1v) is 14.1. The lowest BCUT2D eigenvalue weighted by atomic mass is 10.0. The van der Waals surface area contributed by atoms with Crippen molar-refractivity contribution < 1.29 is 38.2 Å². The maximum Gasteiger partial charge on any atom is 0.328 e. The van der Waals surface area contributed by atoms with Crippen LogP contribution in [0.25, 0.3) is 11.1 Å². The molecule has 2 aliphatic rings. The summed E-state index contributed by atoms with van der Waals surface area (Å²) in [6.45, 7) is 4.87. The number of aliphatic imine (C=N–C) groups is 2. The molecule has 0 spiro atoms. The maximum absolute atomic E-state index is 12.1. The number of unbranched alkanes of at least 4 members (excludes halogenated alkanes) is 2. The van der Waals surface area contributed by atoms with Gasteiger partial charge in [-0.1, -0.05) is 38.8 Å². The average molecular weight is 605 g/mol. The van der Waals surface area contributed by atoms with Crippen LogP contribution in [0.3, 0.4) is 0 Å². The van der Waals surface area contributed by atoms with Crippen molar-refractivity contribution in [2.24, 2.45) is 21.8 Å². The van der Waals surface area contributed by atoms with E-state index in [0.29, 0.717) is 36.1 Å². The summed E-state index contributed by atoms with van der Waals surface area (Å²) in [4.78, 5) is 79.8. The lowest BCUT2D eigenvalue weighted by Crippen LogP contribution is -2.56. The van der Waals surface area contributed by atoms with Gasteiger partial charge in [0.05, 0.1) is 13.2 Å². The van der Waals surface area contributed by atoms with E-state index >= 15 is 0 Å². The summed E-state index contributed by atoms with van der Waals surface area (Å²) in [6.07, 6.45) is 5.69.